The normalized spacial score (nSPS) is 16.1. The second-order valence-corrected chi connectivity index (χ2v) is 6.78. The summed E-state index contributed by atoms with van der Waals surface area (Å²) < 4.78 is 31.7. The molecule has 0 aliphatic heterocycles. The minimum absolute atomic E-state index is 0.0472. The summed E-state index contributed by atoms with van der Waals surface area (Å²) in [5.74, 6) is 0.557. The van der Waals surface area contributed by atoms with Crippen molar-refractivity contribution in [3.63, 3.8) is 0 Å². The highest BCUT2D eigenvalue weighted by atomic mass is 35.5. The van der Waals surface area contributed by atoms with E-state index in [0.717, 1.165) is 0 Å². The number of halogens is 1. The highest BCUT2D eigenvalue weighted by Crippen LogP contribution is 2.07. The Kier molecular flexibility index (Phi) is 8.37. The zero-order valence-electron chi connectivity index (χ0n) is 11.1. The third-order valence-corrected chi connectivity index (χ3v) is 4.60. The van der Waals surface area contributed by atoms with Gasteiger partial charge in [0.05, 0.1) is 12.4 Å². The van der Waals surface area contributed by atoms with Crippen LogP contribution in [-0.4, -0.2) is 39.3 Å². The Morgan fingerprint density at radius 2 is 1.88 bits per heavy atom. The lowest BCUT2D eigenvalue weighted by Gasteiger charge is -2.22. The molecule has 4 nitrogen and oxygen atoms in total. The molecule has 0 aliphatic carbocycles. The highest BCUT2D eigenvalue weighted by molar-refractivity contribution is 7.89. The van der Waals surface area contributed by atoms with Gasteiger partial charge >= 0.3 is 0 Å². The minimum Gasteiger partial charge on any atom is -0.380 e. The van der Waals surface area contributed by atoms with Crippen LogP contribution in [0.5, 0.6) is 0 Å². The first-order valence-corrected chi connectivity index (χ1v) is 8.14. The second-order valence-electron chi connectivity index (χ2n) is 4.67. The van der Waals surface area contributed by atoms with Crippen LogP contribution in [0, 0.1) is 11.8 Å². The third-order valence-electron chi connectivity index (χ3n) is 2.40. The van der Waals surface area contributed by atoms with E-state index in [2.05, 4.69) is 4.72 Å². The van der Waals surface area contributed by atoms with Gasteiger partial charge < -0.3 is 4.74 Å². The van der Waals surface area contributed by atoms with E-state index in [1.165, 1.54) is 0 Å². The van der Waals surface area contributed by atoms with Crippen LogP contribution < -0.4 is 4.72 Å². The maximum absolute atomic E-state index is 11.9. The first-order chi connectivity index (χ1) is 7.82. The molecule has 6 heteroatoms. The van der Waals surface area contributed by atoms with Gasteiger partial charge in [-0.1, -0.05) is 20.8 Å². The molecule has 0 heterocycles. The number of nitrogens with one attached hydrogen (secondary N) is 1. The largest absolute Gasteiger partial charge is 0.380 e. The molecule has 0 radical (unpaired) electrons. The summed E-state index contributed by atoms with van der Waals surface area (Å²) in [5.41, 5.74) is 0. The van der Waals surface area contributed by atoms with Crippen molar-refractivity contribution in [3.8, 4) is 0 Å². The van der Waals surface area contributed by atoms with Crippen LogP contribution in [0.4, 0.5) is 0 Å². The Bertz CT molecular complexity index is 293. The summed E-state index contributed by atoms with van der Waals surface area (Å²) in [6, 6.07) is -0.178. The van der Waals surface area contributed by atoms with Crippen molar-refractivity contribution in [2.75, 3.05) is 24.8 Å². The van der Waals surface area contributed by atoms with Crippen LogP contribution in [0.3, 0.4) is 0 Å². The molecular weight excluding hydrogens is 262 g/mol. The molecule has 104 valence electrons. The number of rotatable bonds is 9. The third kappa shape index (κ3) is 7.97. The molecule has 0 aliphatic rings. The minimum atomic E-state index is -3.28. The van der Waals surface area contributed by atoms with E-state index in [1.54, 1.807) is 0 Å². The van der Waals surface area contributed by atoms with Crippen LogP contribution in [0.15, 0.2) is 0 Å². The Balaban J connectivity index is 4.42. The van der Waals surface area contributed by atoms with Crippen molar-refractivity contribution in [1.82, 2.24) is 4.72 Å². The van der Waals surface area contributed by atoms with E-state index in [0.29, 0.717) is 19.1 Å². The van der Waals surface area contributed by atoms with Gasteiger partial charge in [0.1, 0.15) is 0 Å². The molecule has 2 unspecified atom stereocenters. The van der Waals surface area contributed by atoms with E-state index in [1.807, 2.05) is 27.7 Å². The molecule has 0 amide bonds. The van der Waals surface area contributed by atoms with Gasteiger partial charge in [-0.25, -0.2) is 13.1 Å². The van der Waals surface area contributed by atoms with E-state index in [9.17, 15) is 8.42 Å². The smallest absolute Gasteiger partial charge is 0.212 e. The zero-order valence-corrected chi connectivity index (χ0v) is 12.6. The van der Waals surface area contributed by atoms with E-state index in [-0.39, 0.29) is 23.6 Å². The van der Waals surface area contributed by atoms with Gasteiger partial charge in [-0.3, -0.25) is 0 Å². The maximum atomic E-state index is 11.9. The van der Waals surface area contributed by atoms with Crippen molar-refractivity contribution in [2.45, 2.75) is 33.7 Å². The molecule has 1 N–H and O–H groups in total. The van der Waals surface area contributed by atoms with Gasteiger partial charge in [-0.05, 0) is 18.8 Å². The van der Waals surface area contributed by atoms with E-state index >= 15 is 0 Å². The van der Waals surface area contributed by atoms with Crippen LogP contribution in [0.2, 0.25) is 0 Å². The summed E-state index contributed by atoms with van der Waals surface area (Å²) in [6.07, 6.45) is 0. The molecule has 0 bridgehead atoms. The predicted octanol–water partition coefficient (Wildman–Crippen LogP) is 1.84. The van der Waals surface area contributed by atoms with Crippen LogP contribution >= 0.6 is 11.6 Å². The number of hydrogen-bond donors (Lipinski definition) is 1. The predicted molar refractivity (Wildman–Crippen MR) is 71.9 cm³/mol. The van der Waals surface area contributed by atoms with E-state index < -0.39 is 10.0 Å². The lowest BCUT2D eigenvalue weighted by Crippen LogP contribution is -2.43. The summed E-state index contributed by atoms with van der Waals surface area (Å²) in [5, 5.41) is 0. The average molecular weight is 286 g/mol. The maximum Gasteiger partial charge on any atom is 0.212 e. The fourth-order valence-corrected chi connectivity index (χ4v) is 3.31. The standard InChI is InChI=1S/C11H24ClNO3S/c1-5-16-7-11(9(2)3)13-17(14,15)8-10(4)6-12/h9-11,13H,5-8H2,1-4H3. The molecular formula is C11H24ClNO3S. The lowest BCUT2D eigenvalue weighted by molar-refractivity contribution is 0.116. The van der Waals surface area contributed by atoms with Gasteiger partial charge in [0.25, 0.3) is 0 Å². The zero-order chi connectivity index (χ0) is 13.5. The van der Waals surface area contributed by atoms with Crippen LogP contribution in [0.25, 0.3) is 0 Å². The molecule has 0 aromatic rings. The highest BCUT2D eigenvalue weighted by Gasteiger charge is 2.22. The molecule has 0 aromatic carbocycles. The van der Waals surface area contributed by atoms with Gasteiger partial charge in [0, 0.05) is 18.5 Å². The number of ether oxygens (including phenoxy) is 1. The molecule has 0 spiro atoms. The topological polar surface area (TPSA) is 55.4 Å². The summed E-state index contributed by atoms with van der Waals surface area (Å²) >= 11 is 5.62. The van der Waals surface area contributed by atoms with Gasteiger partial charge in [-0.15, -0.1) is 11.6 Å². The summed E-state index contributed by atoms with van der Waals surface area (Å²) in [4.78, 5) is 0. The second kappa shape index (κ2) is 8.29. The Morgan fingerprint density at radius 3 is 2.29 bits per heavy atom. The van der Waals surface area contributed by atoms with Crippen molar-refractivity contribution in [2.24, 2.45) is 11.8 Å². The SMILES string of the molecule is CCOCC(NS(=O)(=O)CC(C)CCl)C(C)C. The van der Waals surface area contributed by atoms with Crippen molar-refractivity contribution in [1.29, 1.82) is 0 Å². The molecule has 0 saturated carbocycles. The fourth-order valence-electron chi connectivity index (χ4n) is 1.31. The molecule has 2 atom stereocenters. The number of hydrogen-bond acceptors (Lipinski definition) is 3. The molecule has 0 rings (SSSR count). The summed E-state index contributed by atoms with van der Waals surface area (Å²) in [7, 11) is -3.28. The quantitative estimate of drug-likeness (QED) is 0.658. The molecule has 0 fully saturated rings. The van der Waals surface area contributed by atoms with Crippen molar-refractivity contribution < 1.29 is 13.2 Å². The Labute approximate surface area is 110 Å². The van der Waals surface area contributed by atoms with Crippen molar-refractivity contribution >= 4 is 21.6 Å². The van der Waals surface area contributed by atoms with Crippen LogP contribution in [-0.2, 0) is 14.8 Å². The van der Waals surface area contributed by atoms with Gasteiger partial charge in [0.15, 0.2) is 0 Å². The number of alkyl halides is 1. The molecule has 0 aromatic heterocycles. The van der Waals surface area contributed by atoms with E-state index in [4.69, 9.17) is 16.3 Å². The fraction of sp³-hybridized carbons (Fsp3) is 1.00. The Hall–Kier alpha value is 0.160. The van der Waals surface area contributed by atoms with Gasteiger partial charge in [-0.2, -0.15) is 0 Å². The monoisotopic (exact) mass is 285 g/mol. The molecule has 17 heavy (non-hydrogen) atoms. The lowest BCUT2D eigenvalue weighted by atomic mass is 10.1. The Morgan fingerprint density at radius 1 is 1.29 bits per heavy atom. The van der Waals surface area contributed by atoms with Crippen LogP contribution in [0.1, 0.15) is 27.7 Å². The summed E-state index contributed by atoms with van der Waals surface area (Å²) in [6.45, 7) is 8.64. The average Bonchev–Trinajstić information content (AvgIpc) is 2.22. The number of sulfonamides is 1. The van der Waals surface area contributed by atoms with Gasteiger partial charge in [0.2, 0.25) is 10.0 Å². The first-order valence-electron chi connectivity index (χ1n) is 5.96. The first kappa shape index (κ1) is 17.2. The van der Waals surface area contributed by atoms with Crippen molar-refractivity contribution in [3.05, 3.63) is 0 Å². The molecule has 0 saturated heterocycles.